The third-order valence-corrected chi connectivity index (χ3v) is 4.79. The van der Waals surface area contributed by atoms with Gasteiger partial charge in [-0.25, -0.2) is 0 Å². The van der Waals surface area contributed by atoms with Crippen LogP contribution in [0.2, 0.25) is 0 Å². The molecule has 0 saturated carbocycles. The Labute approximate surface area is 155 Å². The van der Waals surface area contributed by atoms with E-state index in [0.717, 1.165) is 47.5 Å². The molecule has 138 valence electrons. The molecule has 2 N–H and O–H groups in total. The minimum absolute atomic E-state index is 0.232. The first-order valence-electron chi connectivity index (χ1n) is 8.76. The number of thioether (sulfide) groups is 1. The second-order valence-electron chi connectivity index (χ2n) is 5.85. The quantitative estimate of drug-likeness (QED) is 0.306. The lowest BCUT2D eigenvalue weighted by atomic mass is 10.1. The first-order chi connectivity index (χ1) is 12.2. The predicted molar refractivity (Wildman–Crippen MR) is 107 cm³/mol. The molecule has 0 aliphatic carbocycles. The van der Waals surface area contributed by atoms with Gasteiger partial charge in [-0.1, -0.05) is 6.08 Å². The van der Waals surface area contributed by atoms with Crippen LogP contribution in [-0.2, 0) is 13.0 Å². The predicted octanol–water partition coefficient (Wildman–Crippen LogP) is 2.99. The number of ether oxygens (including phenoxy) is 2. The van der Waals surface area contributed by atoms with Gasteiger partial charge in [0.05, 0.1) is 6.61 Å². The van der Waals surface area contributed by atoms with Gasteiger partial charge < -0.3 is 20.1 Å². The van der Waals surface area contributed by atoms with Crippen LogP contribution in [0, 0.1) is 0 Å². The second kappa shape index (κ2) is 10.2. The normalized spacial score (nSPS) is 16.1. The fourth-order valence-corrected chi connectivity index (χ4v) is 3.30. The Bertz CT molecular complexity index is 605. The van der Waals surface area contributed by atoms with Crippen LogP contribution in [0.5, 0.6) is 11.5 Å². The number of benzene rings is 1. The van der Waals surface area contributed by atoms with E-state index in [0.29, 0.717) is 13.2 Å². The molecule has 0 amide bonds. The van der Waals surface area contributed by atoms with Crippen LogP contribution in [0.15, 0.2) is 29.8 Å². The van der Waals surface area contributed by atoms with Gasteiger partial charge in [0.1, 0.15) is 17.6 Å². The van der Waals surface area contributed by atoms with Crippen LogP contribution < -0.4 is 20.1 Å². The van der Waals surface area contributed by atoms with Gasteiger partial charge in [0.25, 0.3) is 0 Å². The maximum Gasteiger partial charge on any atom is 0.191 e. The van der Waals surface area contributed by atoms with E-state index in [4.69, 9.17) is 9.47 Å². The zero-order valence-corrected chi connectivity index (χ0v) is 16.2. The van der Waals surface area contributed by atoms with Gasteiger partial charge in [-0.15, -0.1) is 6.58 Å². The van der Waals surface area contributed by atoms with Crippen LogP contribution in [0.4, 0.5) is 0 Å². The highest BCUT2D eigenvalue weighted by Crippen LogP contribution is 2.35. The van der Waals surface area contributed by atoms with E-state index in [1.165, 1.54) is 5.56 Å². The van der Waals surface area contributed by atoms with Crippen molar-refractivity contribution in [2.24, 2.45) is 4.99 Å². The van der Waals surface area contributed by atoms with Gasteiger partial charge in [-0.05, 0) is 26.0 Å². The summed E-state index contributed by atoms with van der Waals surface area (Å²) >= 11 is 1.84. The van der Waals surface area contributed by atoms with E-state index >= 15 is 0 Å². The van der Waals surface area contributed by atoms with E-state index in [1.807, 2.05) is 24.8 Å². The smallest absolute Gasteiger partial charge is 0.191 e. The fourth-order valence-electron chi connectivity index (χ4n) is 2.72. The third kappa shape index (κ3) is 5.88. The minimum atomic E-state index is 0.232. The van der Waals surface area contributed by atoms with Crippen molar-refractivity contribution in [1.82, 2.24) is 10.6 Å². The monoisotopic (exact) mass is 363 g/mol. The highest BCUT2D eigenvalue weighted by atomic mass is 32.2. The van der Waals surface area contributed by atoms with E-state index in [2.05, 4.69) is 41.3 Å². The van der Waals surface area contributed by atoms with Gasteiger partial charge >= 0.3 is 0 Å². The van der Waals surface area contributed by atoms with Crippen molar-refractivity contribution in [2.75, 3.05) is 31.7 Å². The number of nitrogens with one attached hydrogen (secondary N) is 2. The lowest BCUT2D eigenvalue weighted by molar-refractivity contribution is 0.254. The van der Waals surface area contributed by atoms with Crippen LogP contribution >= 0.6 is 11.8 Å². The highest BCUT2D eigenvalue weighted by Gasteiger charge is 2.21. The molecule has 6 heteroatoms. The molecule has 1 atom stereocenters. The molecule has 5 nitrogen and oxygen atoms in total. The van der Waals surface area contributed by atoms with Crippen molar-refractivity contribution in [2.45, 2.75) is 32.9 Å². The topological polar surface area (TPSA) is 54.9 Å². The Morgan fingerprint density at radius 3 is 3.04 bits per heavy atom. The largest absolute Gasteiger partial charge is 0.494 e. The van der Waals surface area contributed by atoms with Crippen molar-refractivity contribution in [1.29, 1.82) is 0 Å². The Morgan fingerprint density at radius 2 is 2.32 bits per heavy atom. The van der Waals surface area contributed by atoms with E-state index < -0.39 is 0 Å². The first-order valence-corrected chi connectivity index (χ1v) is 9.91. The molecular formula is C19H29N3O2S. The average Bonchev–Trinajstić information content (AvgIpc) is 2.96. The molecule has 1 aromatic carbocycles. The summed E-state index contributed by atoms with van der Waals surface area (Å²) in [7, 11) is 1.78. The molecule has 0 fully saturated rings. The minimum Gasteiger partial charge on any atom is -0.494 e. The Hall–Kier alpha value is -1.82. The number of aliphatic imine (C=N–C) groups is 1. The van der Waals surface area contributed by atoms with Gasteiger partial charge in [-0.3, -0.25) is 4.99 Å². The molecule has 0 spiro atoms. The van der Waals surface area contributed by atoms with Crippen molar-refractivity contribution in [3.05, 3.63) is 35.9 Å². The van der Waals surface area contributed by atoms with Crippen LogP contribution in [0.3, 0.4) is 0 Å². The Balaban J connectivity index is 1.94. The molecule has 0 bridgehead atoms. The Morgan fingerprint density at radius 1 is 1.48 bits per heavy atom. The standard InChI is InChI=1S/C19H29N3O2S/c1-5-8-25-9-7-21-19(20-4)22-13-16-12-18-15(10-14(3)24-18)11-17(16)23-6-2/h5,11-12,14H,1,6-10,13H2,2-4H3,(H2,20,21,22). The molecule has 25 heavy (non-hydrogen) atoms. The number of hydrogen-bond donors (Lipinski definition) is 2. The summed E-state index contributed by atoms with van der Waals surface area (Å²) in [6.45, 7) is 9.97. The third-order valence-electron chi connectivity index (χ3n) is 3.82. The first kappa shape index (κ1) is 19.5. The van der Waals surface area contributed by atoms with Crippen LogP contribution in [0.25, 0.3) is 0 Å². The maximum absolute atomic E-state index is 5.88. The van der Waals surface area contributed by atoms with Crippen LogP contribution in [0.1, 0.15) is 25.0 Å². The molecule has 1 heterocycles. The van der Waals surface area contributed by atoms with E-state index in [-0.39, 0.29) is 6.10 Å². The lowest BCUT2D eigenvalue weighted by Gasteiger charge is -2.15. The molecule has 1 aliphatic rings. The number of hydrogen-bond acceptors (Lipinski definition) is 4. The van der Waals surface area contributed by atoms with Crippen molar-refractivity contribution >= 4 is 17.7 Å². The van der Waals surface area contributed by atoms with Crippen molar-refractivity contribution < 1.29 is 9.47 Å². The summed E-state index contributed by atoms with van der Waals surface area (Å²) in [6.07, 6.45) is 3.09. The number of nitrogens with zero attached hydrogens (tertiary/aromatic N) is 1. The summed E-state index contributed by atoms with van der Waals surface area (Å²) in [6, 6.07) is 4.20. The summed E-state index contributed by atoms with van der Waals surface area (Å²) in [5, 5.41) is 6.67. The molecule has 2 rings (SSSR count). The summed E-state index contributed by atoms with van der Waals surface area (Å²) < 4.78 is 11.7. The van der Waals surface area contributed by atoms with Crippen molar-refractivity contribution in [3.8, 4) is 11.5 Å². The zero-order chi connectivity index (χ0) is 18.1. The van der Waals surface area contributed by atoms with Gasteiger partial charge in [0, 0.05) is 49.2 Å². The summed E-state index contributed by atoms with van der Waals surface area (Å²) in [5.41, 5.74) is 2.31. The molecule has 0 aromatic heterocycles. The SMILES string of the molecule is C=CCSCCNC(=NC)NCc1cc2c(cc1OCC)CC(C)O2. The fraction of sp³-hybridized carbons (Fsp3) is 0.526. The van der Waals surface area contributed by atoms with E-state index in [9.17, 15) is 0 Å². The summed E-state index contributed by atoms with van der Waals surface area (Å²) in [4.78, 5) is 4.27. The van der Waals surface area contributed by atoms with Crippen molar-refractivity contribution in [3.63, 3.8) is 0 Å². The van der Waals surface area contributed by atoms with Gasteiger partial charge in [0.2, 0.25) is 0 Å². The Kier molecular flexibility index (Phi) is 7.98. The highest BCUT2D eigenvalue weighted by molar-refractivity contribution is 7.99. The number of fused-ring (bicyclic) bond motifs is 1. The zero-order valence-electron chi connectivity index (χ0n) is 15.4. The van der Waals surface area contributed by atoms with Gasteiger partial charge in [-0.2, -0.15) is 11.8 Å². The molecule has 0 radical (unpaired) electrons. The summed E-state index contributed by atoms with van der Waals surface area (Å²) in [5.74, 6) is 4.66. The van der Waals surface area contributed by atoms with E-state index in [1.54, 1.807) is 7.05 Å². The second-order valence-corrected chi connectivity index (χ2v) is 7.00. The number of guanidine groups is 1. The van der Waals surface area contributed by atoms with Gasteiger partial charge in [0.15, 0.2) is 5.96 Å². The lowest BCUT2D eigenvalue weighted by Crippen LogP contribution is -2.38. The molecule has 1 aliphatic heterocycles. The average molecular weight is 364 g/mol. The molecule has 1 aromatic rings. The molecule has 0 saturated heterocycles. The maximum atomic E-state index is 5.88. The molecule has 1 unspecified atom stereocenters. The van der Waals surface area contributed by atoms with Crippen LogP contribution in [-0.4, -0.2) is 43.8 Å². The number of rotatable bonds is 9. The molecular weight excluding hydrogens is 334 g/mol.